The number of hydrogen-bond acceptors (Lipinski definition) is 4. The van der Waals surface area contributed by atoms with Gasteiger partial charge in [-0.15, -0.1) is 0 Å². The highest BCUT2D eigenvalue weighted by Gasteiger charge is 2.22. The van der Waals surface area contributed by atoms with Gasteiger partial charge in [0, 0.05) is 25.3 Å². The van der Waals surface area contributed by atoms with E-state index in [9.17, 15) is 9.59 Å². The Bertz CT molecular complexity index is 754. The van der Waals surface area contributed by atoms with E-state index in [1.165, 1.54) is 5.01 Å². The van der Waals surface area contributed by atoms with Crippen molar-refractivity contribution in [2.75, 3.05) is 12.4 Å². The molecular formula is C15H14N4O2. The maximum Gasteiger partial charge on any atom is 0.271 e. The Hall–Kier alpha value is -2.76. The molecular weight excluding hydrogens is 268 g/mol. The van der Waals surface area contributed by atoms with Crippen LogP contribution in [0.5, 0.6) is 0 Å². The minimum absolute atomic E-state index is 0.0843. The molecule has 1 aromatic heterocycles. The lowest BCUT2D eigenvalue weighted by molar-refractivity contribution is -0.130. The van der Waals surface area contributed by atoms with E-state index in [-0.39, 0.29) is 11.8 Å². The van der Waals surface area contributed by atoms with Crippen LogP contribution in [0.4, 0.5) is 5.69 Å². The van der Waals surface area contributed by atoms with Gasteiger partial charge in [-0.1, -0.05) is 18.2 Å². The lowest BCUT2D eigenvalue weighted by Crippen LogP contribution is -2.34. The molecule has 6 nitrogen and oxygen atoms in total. The third-order valence-corrected chi connectivity index (χ3v) is 3.32. The van der Waals surface area contributed by atoms with Crippen molar-refractivity contribution in [3.8, 4) is 0 Å². The minimum atomic E-state index is -0.300. The Kier molecular flexibility index (Phi) is 3.35. The van der Waals surface area contributed by atoms with E-state index in [1.54, 1.807) is 13.2 Å². The van der Waals surface area contributed by atoms with E-state index >= 15 is 0 Å². The number of pyridine rings is 1. The van der Waals surface area contributed by atoms with Crippen molar-refractivity contribution in [1.82, 2.24) is 9.99 Å². The number of nitrogens with one attached hydrogen (secondary N) is 1. The summed E-state index contributed by atoms with van der Waals surface area (Å²) in [5.74, 6) is -0.384. The summed E-state index contributed by atoms with van der Waals surface area (Å²) < 4.78 is 0. The maximum atomic E-state index is 12.1. The Morgan fingerprint density at radius 3 is 2.90 bits per heavy atom. The molecule has 0 saturated heterocycles. The fraction of sp³-hybridized carbons (Fsp3) is 0.200. The van der Waals surface area contributed by atoms with Gasteiger partial charge in [-0.3, -0.25) is 14.6 Å². The number of benzene rings is 1. The lowest BCUT2D eigenvalue weighted by Gasteiger charge is -2.18. The second-order valence-corrected chi connectivity index (χ2v) is 4.83. The largest absolute Gasteiger partial charge is 0.319 e. The van der Waals surface area contributed by atoms with Gasteiger partial charge in [0.25, 0.3) is 5.91 Å². The highest BCUT2D eigenvalue weighted by atomic mass is 16.2. The summed E-state index contributed by atoms with van der Waals surface area (Å²) in [4.78, 5) is 27.8. The summed E-state index contributed by atoms with van der Waals surface area (Å²) in [6.45, 7) is 0. The number of fused-ring (bicyclic) bond motifs is 1. The van der Waals surface area contributed by atoms with Crippen molar-refractivity contribution in [1.29, 1.82) is 0 Å². The van der Waals surface area contributed by atoms with E-state index in [0.717, 1.165) is 10.9 Å². The van der Waals surface area contributed by atoms with Crippen LogP contribution in [-0.4, -0.2) is 34.6 Å². The molecule has 0 saturated carbocycles. The van der Waals surface area contributed by atoms with Crippen molar-refractivity contribution in [3.63, 3.8) is 0 Å². The van der Waals surface area contributed by atoms with Crippen LogP contribution in [0.15, 0.2) is 41.6 Å². The summed E-state index contributed by atoms with van der Waals surface area (Å²) in [5, 5.41) is 8.92. The zero-order valence-electron chi connectivity index (χ0n) is 11.5. The first-order valence-corrected chi connectivity index (χ1v) is 6.63. The van der Waals surface area contributed by atoms with Crippen LogP contribution < -0.4 is 5.32 Å². The third kappa shape index (κ3) is 2.74. The van der Waals surface area contributed by atoms with Crippen LogP contribution >= 0.6 is 0 Å². The van der Waals surface area contributed by atoms with Gasteiger partial charge in [-0.25, -0.2) is 5.01 Å². The van der Waals surface area contributed by atoms with E-state index in [0.29, 0.717) is 24.2 Å². The molecule has 0 radical (unpaired) electrons. The Morgan fingerprint density at radius 1 is 1.29 bits per heavy atom. The quantitative estimate of drug-likeness (QED) is 0.912. The number of para-hydroxylation sites is 1. The molecule has 0 unspecified atom stereocenters. The molecule has 6 heteroatoms. The number of aromatic nitrogens is 1. The van der Waals surface area contributed by atoms with Gasteiger partial charge in [-0.2, -0.15) is 5.10 Å². The molecule has 1 aliphatic rings. The molecule has 106 valence electrons. The topological polar surface area (TPSA) is 74.7 Å². The Balaban J connectivity index is 1.80. The first-order valence-electron chi connectivity index (χ1n) is 6.63. The molecule has 2 amide bonds. The molecule has 0 bridgehead atoms. The number of rotatable bonds is 2. The molecule has 0 spiro atoms. The maximum absolute atomic E-state index is 12.1. The molecule has 1 N–H and O–H groups in total. The second-order valence-electron chi connectivity index (χ2n) is 4.83. The normalized spacial score (nSPS) is 15.0. The van der Waals surface area contributed by atoms with Crippen molar-refractivity contribution in [2.45, 2.75) is 12.8 Å². The van der Waals surface area contributed by atoms with Crippen molar-refractivity contribution >= 4 is 34.1 Å². The van der Waals surface area contributed by atoms with Gasteiger partial charge in [0.05, 0.1) is 17.4 Å². The van der Waals surface area contributed by atoms with E-state index in [1.807, 2.05) is 30.3 Å². The molecule has 0 fully saturated rings. The number of anilines is 1. The molecule has 2 aromatic rings. The lowest BCUT2D eigenvalue weighted by atomic mass is 10.1. The Labute approximate surface area is 121 Å². The zero-order chi connectivity index (χ0) is 14.8. The average Bonchev–Trinajstić information content (AvgIpc) is 2.50. The molecule has 1 aromatic carbocycles. The number of hydrogen-bond donors (Lipinski definition) is 1. The molecule has 0 atom stereocenters. The van der Waals surface area contributed by atoms with Gasteiger partial charge in [0.15, 0.2) is 0 Å². The highest BCUT2D eigenvalue weighted by molar-refractivity contribution is 6.43. The SMILES string of the molecule is CN1N=C(C(=O)Nc2cnc3ccccc3c2)CCC1=O. The summed E-state index contributed by atoms with van der Waals surface area (Å²) in [7, 11) is 1.55. The average molecular weight is 282 g/mol. The molecule has 0 aliphatic carbocycles. The molecule has 2 heterocycles. The van der Waals surface area contributed by atoms with Crippen LogP contribution in [0.25, 0.3) is 10.9 Å². The predicted molar refractivity (Wildman–Crippen MR) is 79.8 cm³/mol. The fourth-order valence-electron chi connectivity index (χ4n) is 2.18. The van der Waals surface area contributed by atoms with Gasteiger partial charge in [0.2, 0.25) is 5.91 Å². The summed E-state index contributed by atoms with van der Waals surface area (Å²) in [6, 6.07) is 9.53. The predicted octanol–water partition coefficient (Wildman–Crippen LogP) is 1.78. The van der Waals surface area contributed by atoms with Gasteiger partial charge < -0.3 is 5.32 Å². The second kappa shape index (κ2) is 5.32. The van der Waals surface area contributed by atoms with E-state index in [4.69, 9.17) is 0 Å². The first kappa shape index (κ1) is 13.2. The van der Waals surface area contributed by atoms with Crippen molar-refractivity contribution < 1.29 is 9.59 Å². The van der Waals surface area contributed by atoms with Crippen LogP contribution in [0.3, 0.4) is 0 Å². The molecule has 21 heavy (non-hydrogen) atoms. The third-order valence-electron chi connectivity index (χ3n) is 3.32. The number of nitrogens with zero attached hydrogens (tertiary/aromatic N) is 3. The minimum Gasteiger partial charge on any atom is -0.319 e. The van der Waals surface area contributed by atoms with E-state index in [2.05, 4.69) is 15.4 Å². The van der Waals surface area contributed by atoms with E-state index < -0.39 is 0 Å². The number of carbonyl (C=O) groups excluding carboxylic acids is 2. The number of amides is 2. The summed E-state index contributed by atoms with van der Waals surface area (Å²) in [6.07, 6.45) is 2.27. The highest BCUT2D eigenvalue weighted by Crippen LogP contribution is 2.16. The monoisotopic (exact) mass is 282 g/mol. The van der Waals surface area contributed by atoms with Crippen LogP contribution in [0.2, 0.25) is 0 Å². The summed E-state index contributed by atoms with van der Waals surface area (Å²) in [5.41, 5.74) is 1.84. The molecule has 1 aliphatic heterocycles. The number of hydrazone groups is 1. The van der Waals surface area contributed by atoms with Crippen molar-refractivity contribution in [3.05, 3.63) is 36.5 Å². The van der Waals surface area contributed by atoms with Gasteiger partial charge in [0.1, 0.15) is 5.71 Å². The van der Waals surface area contributed by atoms with Gasteiger partial charge >= 0.3 is 0 Å². The molecule has 3 rings (SSSR count). The van der Waals surface area contributed by atoms with Crippen LogP contribution in [0, 0.1) is 0 Å². The Morgan fingerprint density at radius 2 is 2.10 bits per heavy atom. The van der Waals surface area contributed by atoms with Crippen LogP contribution in [0.1, 0.15) is 12.8 Å². The number of carbonyl (C=O) groups is 2. The fourth-order valence-corrected chi connectivity index (χ4v) is 2.18. The zero-order valence-corrected chi connectivity index (χ0v) is 11.5. The first-order chi connectivity index (χ1) is 10.1. The summed E-state index contributed by atoms with van der Waals surface area (Å²) >= 11 is 0. The smallest absolute Gasteiger partial charge is 0.271 e. The standard InChI is InChI=1S/C15H14N4O2/c1-19-14(20)7-6-13(18-19)15(21)17-11-8-10-4-2-3-5-12(10)16-9-11/h2-5,8-9H,6-7H2,1H3,(H,17,21). The van der Waals surface area contributed by atoms with Crippen molar-refractivity contribution in [2.24, 2.45) is 5.10 Å². The van der Waals surface area contributed by atoms with Gasteiger partial charge in [-0.05, 0) is 12.1 Å². The van der Waals surface area contributed by atoms with Crippen LogP contribution in [-0.2, 0) is 9.59 Å².